The molecule has 0 aromatic heterocycles. The summed E-state index contributed by atoms with van der Waals surface area (Å²) in [5, 5.41) is 15.5. The van der Waals surface area contributed by atoms with E-state index >= 15 is 0 Å². The molecule has 0 aliphatic heterocycles. The quantitative estimate of drug-likeness (QED) is 0.337. The zero-order chi connectivity index (χ0) is 15.2. The number of methoxy groups -OCH3 is 1. The number of nitrogens with zero attached hydrogens (tertiary/aromatic N) is 1. The molecule has 2 rings (SSSR count). The first-order valence-corrected chi connectivity index (χ1v) is 7.54. The topological polar surface area (TPSA) is 79.9 Å². The summed E-state index contributed by atoms with van der Waals surface area (Å²) in [7, 11) is 1.57. The third-order valence-electron chi connectivity index (χ3n) is 4.33. The van der Waals surface area contributed by atoms with Gasteiger partial charge in [-0.05, 0) is 36.5 Å². The number of nitrogens with one attached hydrogen (secondary N) is 1. The second kappa shape index (κ2) is 7.31. The lowest BCUT2D eigenvalue weighted by molar-refractivity contribution is 0.279. The number of nitrogens with two attached hydrogens (primary N) is 1. The number of amidine groups is 1. The molecule has 0 spiro atoms. The molecule has 1 saturated carbocycles. The summed E-state index contributed by atoms with van der Waals surface area (Å²) >= 11 is 0. The van der Waals surface area contributed by atoms with E-state index in [0.29, 0.717) is 17.4 Å². The SMILES string of the molecule is COc1ccc(CNC2CCCCC2C)cc1C(N)=NO. The number of benzene rings is 1. The van der Waals surface area contributed by atoms with Crippen molar-refractivity contribution in [3.8, 4) is 5.75 Å². The Kier molecular flexibility index (Phi) is 5.44. The molecule has 2 atom stereocenters. The Bertz CT molecular complexity index is 502. The third-order valence-corrected chi connectivity index (χ3v) is 4.33. The summed E-state index contributed by atoms with van der Waals surface area (Å²) in [5.41, 5.74) is 7.43. The van der Waals surface area contributed by atoms with Crippen LogP contribution in [-0.2, 0) is 6.54 Å². The summed E-state index contributed by atoms with van der Waals surface area (Å²) in [6.45, 7) is 3.09. The monoisotopic (exact) mass is 291 g/mol. The number of rotatable bonds is 5. The molecule has 21 heavy (non-hydrogen) atoms. The molecule has 2 unspecified atom stereocenters. The second-order valence-electron chi connectivity index (χ2n) is 5.77. The first-order chi connectivity index (χ1) is 10.2. The maximum atomic E-state index is 8.86. The predicted molar refractivity (Wildman–Crippen MR) is 83.8 cm³/mol. The molecule has 1 fully saturated rings. The molecule has 0 amide bonds. The fraction of sp³-hybridized carbons (Fsp3) is 0.562. The van der Waals surface area contributed by atoms with Gasteiger partial charge in [-0.2, -0.15) is 0 Å². The third kappa shape index (κ3) is 3.88. The Balaban J connectivity index is 2.06. The van der Waals surface area contributed by atoms with Crippen molar-refractivity contribution in [1.82, 2.24) is 5.32 Å². The zero-order valence-corrected chi connectivity index (χ0v) is 12.8. The zero-order valence-electron chi connectivity index (χ0n) is 12.8. The van der Waals surface area contributed by atoms with Gasteiger partial charge in [-0.3, -0.25) is 0 Å². The van der Waals surface area contributed by atoms with Crippen molar-refractivity contribution in [2.24, 2.45) is 16.8 Å². The van der Waals surface area contributed by atoms with Crippen LogP contribution in [0.4, 0.5) is 0 Å². The maximum Gasteiger partial charge on any atom is 0.173 e. The van der Waals surface area contributed by atoms with Crippen LogP contribution >= 0.6 is 0 Å². The van der Waals surface area contributed by atoms with E-state index in [1.54, 1.807) is 7.11 Å². The normalized spacial score (nSPS) is 23.0. The van der Waals surface area contributed by atoms with Crippen LogP contribution in [0.1, 0.15) is 43.7 Å². The summed E-state index contributed by atoms with van der Waals surface area (Å²) in [4.78, 5) is 0. The molecule has 4 N–H and O–H groups in total. The van der Waals surface area contributed by atoms with Crippen molar-refractivity contribution in [2.45, 2.75) is 45.2 Å². The van der Waals surface area contributed by atoms with Crippen molar-refractivity contribution in [2.75, 3.05) is 7.11 Å². The minimum Gasteiger partial charge on any atom is -0.496 e. The lowest BCUT2D eigenvalue weighted by atomic mass is 9.86. The first-order valence-electron chi connectivity index (χ1n) is 7.54. The van der Waals surface area contributed by atoms with Gasteiger partial charge in [0.05, 0.1) is 12.7 Å². The van der Waals surface area contributed by atoms with Crippen LogP contribution in [-0.4, -0.2) is 24.2 Å². The van der Waals surface area contributed by atoms with E-state index in [1.165, 1.54) is 25.7 Å². The van der Waals surface area contributed by atoms with Crippen LogP contribution in [0, 0.1) is 5.92 Å². The first kappa shape index (κ1) is 15.6. The molecule has 1 aromatic rings. The molecule has 5 nitrogen and oxygen atoms in total. The van der Waals surface area contributed by atoms with Gasteiger partial charge in [0.2, 0.25) is 0 Å². The highest BCUT2D eigenvalue weighted by Crippen LogP contribution is 2.24. The minimum absolute atomic E-state index is 0.0692. The second-order valence-corrected chi connectivity index (χ2v) is 5.77. The highest BCUT2D eigenvalue weighted by molar-refractivity contribution is 5.99. The van der Waals surface area contributed by atoms with Crippen LogP contribution in [0.3, 0.4) is 0 Å². The van der Waals surface area contributed by atoms with Gasteiger partial charge in [0.1, 0.15) is 5.75 Å². The van der Waals surface area contributed by atoms with Crippen molar-refractivity contribution in [1.29, 1.82) is 0 Å². The van der Waals surface area contributed by atoms with Crippen molar-refractivity contribution < 1.29 is 9.94 Å². The van der Waals surface area contributed by atoms with E-state index in [9.17, 15) is 0 Å². The van der Waals surface area contributed by atoms with Crippen molar-refractivity contribution in [3.63, 3.8) is 0 Å². The standard InChI is InChI=1S/C16H25N3O2/c1-11-5-3-4-6-14(11)18-10-12-7-8-15(21-2)13(9-12)16(17)19-20/h7-9,11,14,18,20H,3-6,10H2,1-2H3,(H2,17,19). The summed E-state index contributed by atoms with van der Waals surface area (Å²) < 4.78 is 5.24. The van der Waals surface area contributed by atoms with Crippen LogP contribution in [0.25, 0.3) is 0 Å². The molecule has 1 aromatic carbocycles. The summed E-state index contributed by atoms with van der Waals surface area (Å²) in [6, 6.07) is 6.35. The minimum atomic E-state index is 0.0692. The van der Waals surface area contributed by atoms with Gasteiger partial charge in [0.25, 0.3) is 0 Å². The smallest absolute Gasteiger partial charge is 0.173 e. The summed E-state index contributed by atoms with van der Waals surface area (Å²) in [6.07, 6.45) is 5.19. The average molecular weight is 291 g/mol. The Morgan fingerprint density at radius 3 is 2.86 bits per heavy atom. The van der Waals surface area contributed by atoms with Crippen molar-refractivity contribution >= 4 is 5.84 Å². The van der Waals surface area contributed by atoms with Gasteiger partial charge >= 0.3 is 0 Å². The summed E-state index contributed by atoms with van der Waals surface area (Å²) in [5.74, 6) is 1.40. The average Bonchev–Trinajstić information content (AvgIpc) is 2.53. The molecule has 1 aliphatic rings. The van der Waals surface area contributed by atoms with Gasteiger partial charge in [-0.15, -0.1) is 0 Å². The van der Waals surface area contributed by atoms with Gasteiger partial charge in [0.15, 0.2) is 5.84 Å². The molecule has 116 valence electrons. The van der Waals surface area contributed by atoms with Gasteiger partial charge < -0.3 is 21.0 Å². The number of oxime groups is 1. The predicted octanol–water partition coefficient (Wildman–Crippen LogP) is 2.46. The van der Waals surface area contributed by atoms with Gasteiger partial charge in [0, 0.05) is 12.6 Å². The molecule has 1 aliphatic carbocycles. The molecule has 0 heterocycles. The van der Waals surface area contributed by atoms with E-state index in [2.05, 4.69) is 17.4 Å². The fourth-order valence-corrected chi connectivity index (χ4v) is 2.99. The highest BCUT2D eigenvalue weighted by Gasteiger charge is 2.20. The molecule has 5 heteroatoms. The number of hydrogen-bond donors (Lipinski definition) is 3. The van der Waals surface area contributed by atoms with Crippen LogP contribution in [0.2, 0.25) is 0 Å². The van der Waals surface area contributed by atoms with E-state index in [4.69, 9.17) is 15.7 Å². The van der Waals surface area contributed by atoms with Crippen LogP contribution in [0.15, 0.2) is 23.4 Å². The Labute approximate surface area is 126 Å². The lowest BCUT2D eigenvalue weighted by Gasteiger charge is -2.29. The van der Waals surface area contributed by atoms with E-state index in [0.717, 1.165) is 18.0 Å². The van der Waals surface area contributed by atoms with Gasteiger partial charge in [-0.1, -0.05) is 31.0 Å². The highest BCUT2D eigenvalue weighted by atomic mass is 16.5. The lowest BCUT2D eigenvalue weighted by Crippen LogP contribution is -2.36. The molecule has 0 bridgehead atoms. The molecule has 0 saturated heterocycles. The van der Waals surface area contributed by atoms with Crippen LogP contribution < -0.4 is 15.8 Å². The Hall–Kier alpha value is -1.75. The van der Waals surface area contributed by atoms with E-state index < -0.39 is 0 Å². The largest absolute Gasteiger partial charge is 0.496 e. The maximum absolute atomic E-state index is 8.86. The molecular weight excluding hydrogens is 266 g/mol. The van der Waals surface area contributed by atoms with Crippen molar-refractivity contribution in [3.05, 3.63) is 29.3 Å². The Morgan fingerprint density at radius 2 is 2.19 bits per heavy atom. The van der Waals surface area contributed by atoms with E-state index in [-0.39, 0.29) is 5.84 Å². The van der Waals surface area contributed by atoms with Crippen LogP contribution in [0.5, 0.6) is 5.75 Å². The molecule has 0 radical (unpaired) electrons. The Morgan fingerprint density at radius 1 is 1.43 bits per heavy atom. The number of ether oxygens (including phenoxy) is 1. The fourth-order valence-electron chi connectivity index (χ4n) is 2.99. The van der Waals surface area contributed by atoms with Gasteiger partial charge in [-0.25, -0.2) is 0 Å². The van der Waals surface area contributed by atoms with E-state index in [1.807, 2.05) is 18.2 Å². The molecular formula is C16H25N3O2. The number of hydrogen-bond acceptors (Lipinski definition) is 4.